The van der Waals surface area contributed by atoms with Crippen molar-refractivity contribution in [1.82, 2.24) is 0 Å². The first-order valence-electron chi connectivity index (χ1n) is 5.05. The molecule has 0 heterocycles. The van der Waals surface area contributed by atoms with E-state index in [0.29, 0.717) is 0 Å². The number of unbranched alkanes of at least 4 members (excludes halogenated alkanes) is 2. The molecule has 0 aromatic rings. The Morgan fingerprint density at radius 1 is 0.812 bits per heavy atom. The van der Waals surface area contributed by atoms with E-state index >= 15 is 0 Å². The zero-order chi connectivity index (χ0) is 12.2. The molecule has 0 atom stereocenters. The monoisotopic (exact) mass is 244 g/mol. The molecule has 0 saturated heterocycles. The van der Waals surface area contributed by atoms with Gasteiger partial charge in [-0.25, -0.2) is 39.2 Å². The van der Waals surface area contributed by atoms with Crippen molar-refractivity contribution in [3.8, 4) is 0 Å². The zero-order valence-corrected chi connectivity index (χ0v) is 14.5. The molecule has 2 heteroatoms. The Bertz CT molecular complexity index is 57.1. The van der Waals surface area contributed by atoms with E-state index in [-0.39, 0.29) is 46.1 Å². The topological polar surface area (TPSA) is 0 Å². The molecule has 0 aliphatic rings. The molecule has 88 valence electrons. The average molecular weight is 245 g/mol. The van der Waals surface area contributed by atoms with Gasteiger partial charge in [0, 0.05) is 0 Å². The summed E-state index contributed by atoms with van der Waals surface area (Å²) in [5.74, 6) is 0. The third-order valence-corrected chi connectivity index (χ3v) is 0.707. The molecule has 0 rings (SSSR count). The molecule has 0 spiro atoms. The fourth-order valence-electron chi connectivity index (χ4n) is 0. The van der Waals surface area contributed by atoms with Crippen molar-refractivity contribution in [2.75, 3.05) is 0 Å². The average Bonchev–Trinajstić information content (AvgIpc) is 2.20. The first-order valence-corrected chi connectivity index (χ1v) is 5.05. The van der Waals surface area contributed by atoms with E-state index in [0.717, 1.165) is 12.8 Å². The van der Waals surface area contributed by atoms with Crippen molar-refractivity contribution in [1.29, 1.82) is 0 Å². The van der Waals surface area contributed by atoms with Gasteiger partial charge in [0.1, 0.15) is 0 Å². The maximum absolute atomic E-state index is 3.60. The van der Waals surface area contributed by atoms with Gasteiger partial charge in [-0.05, 0) is 0 Å². The van der Waals surface area contributed by atoms with Gasteiger partial charge in [-0.1, -0.05) is 26.7 Å². The van der Waals surface area contributed by atoms with Crippen LogP contribution in [-0.4, -0.2) is 46.1 Å². The maximum Gasteiger partial charge on any atom is 2.00 e. The van der Waals surface area contributed by atoms with Crippen LogP contribution in [0.3, 0.4) is 0 Å². The second kappa shape index (κ2) is 75.2. The molecule has 0 fully saturated rings. The third-order valence-electron chi connectivity index (χ3n) is 0.707. The van der Waals surface area contributed by atoms with Gasteiger partial charge in [0.05, 0.1) is 0 Å². The van der Waals surface area contributed by atoms with E-state index in [1.807, 2.05) is 0 Å². The minimum absolute atomic E-state index is 0. The van der Waals surface area contributed by atoms with Crippen molar-refractivity contribution in [2.45, 2.75) is 39.5 Å². The predicted octanol–water partition coefficient (Wildman–Crippen LogP) is 4.49. The molecule has 16 heavy (non-hydrogen) atoms. The quantitative estimate of drug-likeness (QED) is 0.496. The molecule has 0 aliphatic carbocycles. The van der Waals surface area contributed by atoms with E-state index in [9.17, 15) is 0 Å². The van der Waals surface area contributed by atoms with Crippen molar-refractivity contribution in [3.05, 3.63) is 53.0 Å². The second-order valence-corrected chi connectivity index (χ2v) is 2.28. The Kier molecular flexibility index (Phi) is 169. The SMILES string of the molecule is C=C[CH2-].C=C[CH2-].[CH2-]CCC.[CH2-]CCC.[Mg+2].[Mg+2]. The molecular weight excluding hydrogens is 217 g/mol. The van der Waals surface area contributed by atoms with Gasteiger partial charge >= 0.3 is 46.1 Å². The summed E-state index contributed by atoms with van der Waals surface area (Å²) in [5.41, 5.74) is 0. The van der Waals surface area contributed by atoms with Crippen molar-refractivity contribution >= 4 is 46.1 Å². The van der Waals surface area contributed by atoms with Crippen molar-refractivity contribution < 1.29 is 0 Å². The minimum Gasteiger partial charge on any atom is -0.343 e. The summed E-state index contributed by atoms with van der Waals surface area (Å²) >= 11 is 0. The van der Waals surface area contributed by atoms with E-state index in [4.69, 9.17) is 0 Å². The fourth-order valence-corrected chi connectivity index (χ4v) is 0. The number of allylic oxidation sites excluding steroid dienone is 2. The maximum atomic E-state index is 3.60. The van der Waals surface area contributed by atoms with Crippen LogP contribution in [0.2, 0.25) is 0 Å². The van der Waals surface area contributed by atoms with Crippen LogP contribution in [0.4, 0.5) is 0 Å². The summed E-state index contributed by atoms with van der Waals surface area (Å²) < 4.78 is 0. The van der Waals surface area contributed by atoms with Gasteiger partial charge in [0.15, 0.2) is 0 Å². The first-order chi connectivity index (χ1) is 6.66. The largest absolute Gasteiger partial charge is 2.00 e. The minimum atomic E-state index is 0. The summed E-state index contributed by atoms with van der Waals surface area (Å²) in [6, 6.07) is 0. The van der Waals surface area contributed by atoms with E-state index in [2.05, 4.69) is 54.7 Å². The number of rotatable bonds is 2. The Morgan fingerprint density at radius 2 is 0.875 bits per heavy atom. The summed E-state index contributed by atoms with van der Waals surface area (Å²) in [6.45, 7) is 24.4. The van der Waals surface area contributed by atoms with E-state index in [1.54, 1.807) is 0 Å². The Hall–Kier alpha value is 0.752. The smallest absolute Gasteiger partial charge is 0.343 e. The number of hydrogen-bond donors (Lipinski definition) is 0. The van der Waals surface area contributed by atoms with Gasteiger partial charge in [-0.3, -0.25) is 0 Å². The van der Waals surface area contributed by atoms with E-state index < -0.39 is 0 Å². The van der Waals surface area contributed by atoms with Crippen LogP contribution in [0.25, 0.3) is 0 Å². The molecule has 0 unspecified atom stereocenters. The third kappa shape index (κ3) is 368. The molecule has 0 aromatic carbocycles. The Morgan fingerprint density at radius 3 is 0.875 bits per heavy atom. The molecule has 0 N–H and O–H groups in total. The molecule has 0 bridgehead atoms. The molecule has 0 radical (unpaired) electrons. The Balaban J connectivity index is -0.0000000202. The summed E-state index contributed by atoms with van der Waals surface area (Å²) in [7, 11) is 0. The predicted molar refractivity (Wildman–Crippen MR) is 83.1 cm³/mol. The van der Waals surface area contributed by atoms with Crippen LogP contribution < -0.4 is 0 Å². The fraction of sp³-hybridized carbons (Fsp3) is 0.429. The van der Waals surface area contributed by atoms with Crippen LogP contribution >= 0.6 is 0 Å². The molecule has 0 aromatic heterocycles. The molecule has 0 aliphatic heterocycles. The van der Waals surface area contributed by atoms with Crippen LogP contribution in [-0.2, 0) is 0 Å². The standard InChI is InChI=1S/2C4H9.2C3H5.2Mg/c2*1-3-4-2;2*1-3-2;;/h2*1,3-4H2,2H3;2*3H,1-2H2;;/q4*-1;2*+2. The molecule has 0 nitrogen and oxygen atoms in total. The van der Waals surface area contributed by atoms with Gasteiger partial charge in [-0.2, -0.15) is 12.8 Å². The van der Waals surface area contributed by atoms with Crippen molar-refractivity contribution in [2.24, 2.45) is 0 Å². The second-order valence-electron chi connectivity index (χ2n) is 2.28. The summed E-state index contributed by atoms with van der Waals surface area (Å²) in [4.78, 5) is 0. The number of hydrogen-bond acceptors (Lipinski definition) is 0. The summed E-state index contributed by atoms with van der Waals surface area (Å²) in [6.07, 6.45) is 7.56. The van der Waals surface area contributed by atoms with Crippen LogP contribution in [0.15, 0.2) is 25.3 Å². The molecule has 0 saturated carbocycles. The normalized spacial score (nSPS) is 5.25. The molecule has 0 amide bonds. The van der Waals surface area contributed by atoms with Gasteiger partial charge in [0.2, 0.25) is 0 Å². The summed E-state index contributed by atoms with van der Waals surface area (Å²) in [5, 5.41) is 0. The van der Waals surface area contributed by atoms with Crippen molar-refractivity contribution in [3.63, 3.8) is 0 Å². The van der Waals surface area contributed by atoms with Gasteiger partial charge in [0.25, 0.3) is 0 Å². The van der Waals surface area contributed by atoms with E-state index in [1.165, 1.54) is 25.0 Å². The zero-order valence-electron chi connectivity index (χ0n) is 11.6. The van der Waals surface area contributed by atoms with Gasteiger partial charge in [-0.15, -0.1) is 0 Å². The Labute approximate surface area is 138 Å². The first kappa shape index (κ1) is 36.0. The van der Waals surface area contributed by atoms with Crippen LogP contribution in [0, 0.1) is 27.7 Å². The molecular formula is C14H28Mg2. The van der Waals surface area contributed by atoms with Crippen LogP contribution in [0.1, 0.15) is 39.5 Å². The van der Waals surface area contributed by atoms with Gasteiger partial charge < -0.3 is 13.8 Å². The van der Waals surface area contributed by atoms with Crippen LogP contribution in [0.5, 0.6) is 0 Å².